The Kier molecular flexibility index (Phi) is 6.37. The molecule has 25 heavy (non-hydrogen) atoms. The summed E-state index contributed by atoms with van der Waals surface area (Å²) in [6.45, 7) is 1.69. The highest BCUT2D eigenvalue weighted by molar-refractivity contribution is 7.81. The van der Waals surface area contributed by atoms with Crippen molar-refractivity contribution in [2.75, 3.05) is 6.61 Å². The van der Waals surface area contributed by atoms with Crippen molar-refractivity contribution in [3.63, 3.8) is 0 Å². The van der Waals surface area contributed by atoms with Gasteiger partial charge in [-0.1, -0.05) is 36.4 Å². The summed E-state index contributed by atoms with van der Waals surface area (Å²) < 4.78 is 45.9. The molecule has 0 spiro atoms. The second kappa shape index (κ2) is 8.50. The van der Waals surface area contributed by atoms with Gasteiger partial charge >= 0.3 is 16.4 Å². The summed E-state index contributed by atoms with van der Waals surface area (Å²) in [5.74, 6) is -0.358. The third-order valence-corrected chi connectivity index (χ3v) is 3.53. The van der Waals surface area contributed by atoms with Crippen molar-refractivity contribution in [2.24, 2.45) is 0 Å². The van der Waals surface area contributed by atoms with E-state index in [1.54, 1.807) is 12.1 Å². The minimum atomic E-state index is -4.67. The molecule has 0 saturated heterocycles. The van der Waals surface area contributed by atoms with Crippen molar-refractivity contribution in [1.29, 1.82) is 0 Å². The molecule has 0 bridgehead atoms. The lowest BCUT2D eigenvalue weighted by atomic mass is 10.1. The molecule has 0 atom stereocenters. The summed E-state index contributed by atoms with van der Waals surface area (Å²) >= 11 is 0. The Bertz CT molecular complexity index is 816. The van der Waals surface area contributed by atoms with Crippen LogP contribution in [0, 0.1) is 0 Å². The topological polar surface area (TPSA) is 99.1 Å². The summed E-state index contributed by atoms with van der Waals surface area (Å²) in [6, 6.07) is 13.8. The average Bonchev–Trinajstić information content (AvgIpc) is 2.54. The number of hydrogen-bond acceptors (Lipinski definition) is 6. The van der Waals surface area contributed by atoms with Gasteiger partial charge in [-0.2, -0.15) is 8.42 Å². The summed E-state index contributed by atoms with van der Waals surface area (Å²) in [5, 5.41) is 0. The molecule has 0 aromatic heterocycles. The first-order valence-corrected chi connectivity index (χ1v) is 8.80. The smallest absolute Gasteiger partial charge is 0.446 e. The van der Waals surface area contributed by atoms with E-state index in [1.807, 2.05) is 30.3 Å². The Hall–Kier alpha value is -2.58. The molecule has 2 rings (SSSR count). The molecule has 1 N–H and O–H groups in total. The molecule has 0 aliphatic heterocycles. The monoisotopic (exact) mass is 366 g/mol. The van der Waals surface area contributed by atoms with Gasteiger partial charge in [0.25, 0.3) is 0 Å². The molecule has 0 fully saturated rings. The number of rotatable bonds is 8. The van der Waals surface area contributed by atoms with Crippen molar-refractivity contribution in [1.82, 2.24) is 0 Å². The Labute approximate surface area is 146 Å². The van der Waals surface area contributed by atoms with Crippen LogP contribution >= 0.6 is 0 Å². The maximum absolute atomic E-state index is 11.0. The van der Waals surface area contributed by atoms with Gasteiger partial charge in [-0.25, -0.2) is 0 Å². The molecular formula is C17H18O7S. The summed E-state index contributed by atoms with van der Waals surface area (Å²) in [7, 11) is -4.67. The van der Waals surface area contributed by atoms with Gasteiger partial charge in [-0.05, 0) is 23.3 Å². The van der Waals surface area contributed by atoms with Crippen LogP contribution in [-0.4, -0.2) is 25.5 Å². The molecule has 0 unspecified atom stereocenters. The number of hydrogen-bond donors (Lipinski definition) is 1. The maximum Gasteiger partial charge on any atom is 0.446 e. The van der Waals surface area contributed by atoms with Gasteiger partial charge in [0.2, 0.25) is 0 Å². The zero-order valence-electron chi connectivity index (χ0n) is 13.5. The second-order valence-electron chi connectivity index (χ2n) is 5.16. The molecule has 0 heterocycles. The molecule has 0 amide bonds. The van der Waals surface area contributed by atoms with Crippen LogP contribution in [0.1, 0.15) is 18.1 Å². The van der Waals surface area contributed by atoms with E-state index in [9.17, 15) is 13.2 Å². The Morgan fingerprint density at radius 2 is 1.76 bits per heavy atom. The van der Waals surface area contributed by atoms with Gasteiger partial charge in [0.1, 0.15) is 6.61 Å². The minimum Gasteiger partial charge on any atom is -0.485 e. The van der Waals surface area contributed by atoms with Crippen LogP contribution in [0.5, 0.6) is 11.5 Å². The third-order valence-electron chi connectivity index (χ3n) is 3.14. The largest absolute Gasteiger partial charge is 0.485 e. The van der Waals surface area contributed by atoms with Crippen molar-refractivity contribution < 1.29 is 31.4 Å². The predicted octanol–water partition coefficient (Wildman–Crippen LogP) is 2.55. The predicted molar refractivity (Wildman–Crippen MR) is 89.7 cm³/mol. The molecule has 0 radical (unpaired) electrons. The number of carbonyl (C=O) groups excluding carboxylic acids is 1. The quantitative estimate of drug-likeness (QED) is 0.566. The van der Waals surface area contributed by atoms with E-state index in [0.717, 1.165) is 11.1 Å². The summed E-state index contributed by atoms with van der Waals surface area (Å²) in [4.78, 5) is 10.8. The summed E-state index contributed by atoms with van der Waals surface area (Å²) in [5.41, 5.74) is 1.64. The average molecular weight is 366 g/mol. The van der Waals surface area contributed by atoms with Gasteiger partial charge in [0.15, 0.2) is 11.5 Å². The van der Waals surface area contributed by atoms with Gasteiger partial charge < -0.3 is 13.7 Å². The van der Waals surface area contributed by atoms with Gasteiger partial charge in [-0.3, -0.25) is 9.35 Å². The van der Waals surface area contributed by atoms with Crippen LogP contribution in [0.2, 0.25) is 0 Å². The normalized spacial score (nSPS) is 11.0. The number of esters is 1. The lowest BCUT2D eigenvalue weighted by Gasteiger charge is -2.13. The van der Waals surface area contributed by atoms with Gasteiger partial charge in [-0.15, -0.1) is 0 Å². The maximum atomic E-state index is 11.0. The fraction of sp³-hybridized carbons (Fsp3) is 0.235. The third kappa shape index (κ3) is 6.82. The molecule has 0 aliphatic carbocycles. The lowest BCUT2D eigenvalue weighted by molar-refractivity contribution is -0.140. The SMILES string of the molecule is CC(=O)OCCc1ccc(OS(=O)(=O)O)c(OCc2ccccc2)c1. The molecule has 0 saturated carbocycles. The molecule has 2 aromatic carbocycles. The summed E-state index contributed by atoms with van der Waals surface area (Å²) in [6.07, 6.45) is 0.424. The van der Waals surface area contributed by atoms with Crippen LogP contribution < -0.4 is 8.92 Å². The van der Waals surface area contributed by atoms with E-state index in [-0.39, 0.29) is 30.7 Å². The molecule has 7 nitrogen and oxygen atoms in total. The molecule has 0 aliphatic rings. The van der Waals surface area contributed by atoms with Gasteiger partial charge in [0.05, 0.1) is 6.61 Å². The number of ether oxygens (including phenoxy) is 2. The van der Waals surface area contributed by atoms with Crippen molar-refractivity contribution in [3.05, 3.63) is 59.7 Å². The first-order valence-electron chi connectivity index (χ1n) is 7.43. The van der Waals surface area contributed by atoms with E-state index >= 15 is 0 Å². The number of benzene rings is 2. The first-order chi connectivity index (χ1) is 11.8. The van der Waals surface area contributed by atoms with E-state index < -0.39 is 10.4 Å². The lowest BCUT2D eigenvalue weighted by Crippen LogP contribution is -2.09. The number of carbonyl (C=O) groups is 1. The van der Waals surface area contributed by atoms with E-state index in [4.69, 9.17) is 14.0 Å². The first kappa shape index (κ1) is 18.8. The van der Waals surface area contributed by atoms with Crippen molar-refractivity contribution in [3.8, 4) is 11.5 Å². The molecule has 134 valence electrons. The van der Waals surface area contributed by atoms with E-state index in [2.05, 4.69) is 4.18 Å². The van der Waals surface area contributed by atoms with Crippen LogP contribution in [0.25, 0.3) is 0 Å². The van der Waals surface area contributed by atoms with Crippen LogP contribution in [0.3, 0.4) is 0 Å². The fourth-order valence-corrected chi connectivity index (χ4v) is 2.42. The highest BCUT2D eigenvalue weighted by Gasteiger charge is 2.14. The van der Waals surface area contributed by atoms with Crippen molar-refractivity contribution in [2.45, 2.75) is 20.0 Å². The zero-order valence-corrected chi connectivity index (χ0v) is 14.4. The van der Waals surface area contributed by atoms with E-state index in [1.165, 1.54) is 13.0 Å². The highest BCUT2D eigenvalue weighted by Crippen LogP contribution is 2.30. The molecule has 8 heteroatoms. The Morgan fingerprint density at radius 1 is 1.04 bits per heavy atom. The minimum absolute atomic E-state index is 0.130. The van der Waals surface area contributed by atoms with Crippen LogP contribution in [0.4, 0.5) is 0 Å². The van der Waals surface area contributed by atoms with Gasteiger partial charge in [0, 0.05) is 13.3 Å². The fourth-order valence-electron chi connectivity index (χ4n) is 2.05. The zero-order chi connectivity index (χ0) is 18.3. The molecule has 2 aromatic rings. The Morgan fingerprint density at radius 3 is 2.40 bits per heavy atom. The van der Waals surface area contributed by atoms with Crippen molar-refractivity contribution >= 4 is 16.4 Å². The van der Waals surface area contributed by atoms with Crippen LogP contribution in [-0.2, 0) is 33.0 Å². The highest BCUT2D eigenvalue weighted by atomic mass is 32.3. The second-order valence-corrected chi connectivity index (χ2v) is 6.18. The van der Waals surface area contributed by atoms with E-state index in [0.29, 0.717) is 6.42 Å². The van der Waals surface area contributed by atoms with Crippen LogP contribution in [0.15, 0.2) is 48.5 Å². The Balaban J connectivity index is 2.16. The standard InChI is InChI=1S/C17H18O7S/c1-13(18)22-10-9-14-7-8-16(24-25(19,20)21)17(11-14)23-12-15-5-3-2-4-6-15/h2-8,11H,9-10,12H2,1H3,(H,19,20,21). The molecular weight excluding hydrogens is 348 g/mol.